The first-order valence-corrected chi connectivity index (χ1v) is 23.3. The average molecular weight is 959 g/mol. The molecule has 0 spiro atoms. The highest BCUT2D eigenvalue weighted by molar-refractivity contribution is 7.94. The fraction of sp³-hybridized carbons (Fsp3) is 0.0732. The van der Waals surface area contributed by atoms with Crippen molar-refractivity contribution in [3.63, 3.8) is 0 Å². The number of hydrogen-bond donors (Lipinski definition) is 1. The van der Waals surface area contributed by atoms with Gasteiger partial charge in [-0.25, -0.2) is 5.26 Å². The smallest absolute Gasteiger partial charge is 0.270 e. The van der Waals surface area contributed by atoms with Crippen molar-refractivity contribution in [2.45, 2.75) is 19.6 Å². The van der Waals surface area contributed by atoms with Crippen LogP contribution in [0.2, 0.25) is 0 Å². The second kappa shape index (κ2) is 21.9. The van der Waals surface area contributed by atoms with Crippen LogP contribution in [0.25, 0.3) is 12.2 Å². The molecule has 0 saturated carbocycles. The maximum absolute atomic E-state index is 13.0. The Hall–Kier alpha value is -6.58. The van der Waals surface area contributed by atoms with E-state index in [9.17, 15) is 25.3 Å². The van der Waals surface area contributed by atoms with Crippen LogP contribution in [-0.4, -0.2) is 51.8 Å². The Bertz CT molecular complexity index is 3120. The van der Waals surface area contributed by atoms with E-state index in [1.165, 1.54) is 72.8 Å². The van der Waals surface area contributed by atoms with Crippen LogP contribution in [0.4, 0.5) is 45.5 Å². The molecule has 6 aromatic carbocycles. The SMILES string of the molecule is COS(=O)(=O)c1ccc(N=Nc2ccc(N=Nc3ccc(/C=C/c4ccc(N=Nc5ccc(N=Nc6ccc(SOOO)cc6)cc5)cc4S(=O)(=O)OC)c(S(=O)(=O)OC)c3)cc2)cc1. The van der Waals surface area contributed by atoms with Crippen LogP contribution in [0.1, 0.15) is 11.1 Å². The van der Waals surface area contributed by atoms with E-state index in [1.54, 1.807) is 72.8 Å². The third-order valence-electron chi connectivity index (χ3n) is 8.58. The Labute approximate surface area is 377 Å². The Morgan fingerprint density at radius 2 is 0.708 bits per heavy atom. The highest BCUT2D eigenvalue weighted by Crippen LogP contribution is 2.32. The summed E-state index contributed by atoms with van der Waals surface area (Å²) in [5, 5.41) is 45.2. The van der Waals surface area contributed by atoms with E-state index in [-0.39, 0.29) is 37.2 Å². The molecule has 24 heteroatoms. The van der Waals surface area contributed by atoms with Crippen LogP contribution in [0.3, 0.4) is 0 Å². The first-order chi connectivity index (χ1) is 31.2. The van der Waals surface area contributed by atoms with Gasteiger partial charge in [-0.15, -0.1) is 4.33 Å². The van der Waals surface area contributed by atoms with Gasteiger partial charge in [0.25, 0.3) is 30.4 Å². The molecule has 1 N–H and O–H groups in total. The minimum atomic E-state index is -4.30. The van der Waals surface area contributed by atoms with E-state index in [0.29, 0.717) is 39.0 Å². The van der Waals surface area contributed by atoms with Gasteiger partial charge in [0, 0.05) is 4.90 Å². The fourth-order valence-electron chi connectivity index (χ4n) is 5.27. The summed E-state index contributed by atoms with van der Waals surface area (Å²) < 4.78 is 94.3. The summed E-state index contributed by atoms with van der Waals surface area (Å²) in [4.78, 5) is 0.129. The molecule has 0 saturated heterocycles. The lowest BCUT2D eigenvalue weighted by atomic mass is 10.1. The van der Waals surface area contributed by atoms with Crippen molar-refractivity contribution in [3.8, 4) is 0 Å². The van der Waals surface area contributed by atoms with Crippen LogP contribution in [0, 0.1) is 0 Å². The molecule has 0 aromatic heterocycles. The number of rotatable bonds is 19. The predicted octanol–water partition coefficient (Wildman–Crippen LogP) is 12.0. The van der Waals surface area contributed by atoms with Gasteiger partial charge in [-0.2, -0.15) is 66.2 Å². The van der Waals surface area contributed by atoms with Crippen molar-refractivity contribution in [3.05, 3.63) is 145 Å². The lowest BCUT2D eigenvalue weighted by Gasteiger charge is -2.09. The molecule has 65 heavy (non-hydrogen) atoms. The summed E-state index contributed by atoms with van der Waals surface area (Å²) in [6, 6.07) is 34.0. The standard InChI is InChI=1S/C41H34N8O12S4/c1-57-63(51,52)39-24-20-35(21-25-39)45-43-31-12-16-33(17-13-31)47-49-37-9-7-29(41(27-37)65(55,56)59-3)5-4-28-6-8-36(26-40(28)64(53,54)58-2)48-46-32-14-10-30(11-15-32)42-44-34-18-22-38(23-19-34)62-61-60-50/h4-27,50H,1-3H3/b5-4+,44-42?,45-43?,48-46?,49-47?. The first kappa shape index (κ1) is 47.9. The van der Waals surface area contributed by atoms with Crippen molar-refractivity contribution in [2.24, 2.45) is 40.9 Å². The van der Waals surface area contributed by atoms with Gasteiger partial charge >= 0.3 is 0 Å². The highest BCUT2D eigenvalue weighted by Gasteiger charge is 2.20. The number of azo groups is 4. The van der Waals surface area contributed by atoms with Crippen molar-refractivity contribution in [1.82, 2.24) is 0 Å². The van der Waals surface area contributed by atoms with Crippen LogP contribution < -0.4 is 0 Å². The summed E-state index contributed by atoms with van der Waals surface area (Å²) in [7, 11) is -9.34. The summed E-state index contributed by atoms with van der Waals surface area (Å²) in [6.45, 7) is 0. The van der Waals surface area contributed by atoms with Gasteiger partial charge in [-0.05, 0) is 132 Å². The number of nitrogens with zero attached hydrogens (tertiary/aromatic N) is 8. The quantitative estimate of drug-likeness (QED) is 0.0198. The van der Waals surface area contributed by atoms with Gasteiger partial charge in [-0.1, -0.05) is 29.3 Å². The summed E-state index contributed by atoms with van der Waals surface area (Å²) in [5.74, 6) is 0. The lowest BCUT2D eigenvalue weighted by Crippen LogP contribution is -2.05. The molecule has 6 aromatic rings. The summed E-state index contributed by atoms with van der Waals surface area (Å²) in [5.41, 5.74) is 3.48. The molecule has 0 atom stereocenters. The van der Waals surface area contributed by atoms with Crippen molar-refractivity contribution in [1.29, 1.82) is 0 Å². The Kier molecular flexibility index (Phi) is 16.1. The maximum Gasteiger partial charge on any atom is 0.297 e. The molecule has 0 fully saturated rings. The summed E-state index contributed by atoms with van der Waals surface area (Å²) in [6.07, 6.45) is 2.80. The normalized spacial score (nSPS) is 12.7. The van der Waals surface area contributed by atoms with Crippen LogP contribution in [-0.2, 0) is 52.3 Å². The molecule has 0 aliphatic carbocycles. The van der Waals surface area contributed by atoms with Gasteiger partial charge in [0.2, 0.25) is 0 Å². The number of benzene rings is 6. The zero-order valence-corrected chi connectivity index (χ0v) is 37.3. The van der Waals surface area contributed by atoms with E-state index < -0.39 is 30.4 Å². The van der Waals surface area contributed by atoms with E-state index in [2.05, 4.69) is 54.5 Å². The predicted molar refractivity (Wildman–Crippen MR) is 238 cm³/mol. The van der Waals surface area contributed by atoms with Crippen molar-refractivity contribution >= 4 is 100 Å². The Morgan fingerprint density at radius 3 is 1.03 bits per heavy atom. The largest absolute Gasteiger partial charge is 0.297 e. The molecular formula is C41H34N8O12S4. The molecule has 0 unspecified atom stereocenters. The zero-order chi connectivity index (χ0) is 46.5. The van der Waals surface area contributed by atoms with E-state index >= 15 is 0 Å². The van der Waals surface area contributed by atoms with E-state index in [0.717, 1.165) is 33.4 Å². The zero-order valence-electron chi connectivity index (χ0n) is 34.0. The topological polar surface area (TPSA) is 268 Å². The Balaban J connectivity index is 1.15. The maximum atomic E-state index is 13.0. The lowest BCUT2D eigenvalue weighted by molar-refractivity contribution is -0.432. The van der Waals surface area contributed by atoms with Crippen LogP contribution in [0.5, 0.6) is 0 Å². The summed E-state index contributed by atoms with van der Waals surface area (Å²) >= 11 is 0.815. The van der Waals surface area contributed by atoms with Gasteiger partial charge in [0.1, 0.15) is 9.79 Å². The van der Waals surface area contributed by atoms with Gasteiger partial charge < -0.3 is 0 Å². The van der Waals surface area contributed by atoms with Crippen LogP contribution >= 0.6 is 12.0 Å². The molecule has 334 valence electrons. The average Bonchev–Trinajstić information content (AvgIpc) is 3.33. The van der Waals surface area contributed by atoms with Gasteiger partial charge in [-0.3, -0.25) is 12.5 Å². The highest BCUT2D eigenvalue weighted by atomic mass is 32.2. The monoisotopic (exact) mass is 958 g/mol. The van der Waals surface area contributed by atoms with Crippen LogP contribution in [0.15, 0.2) is 194 Å². The minimum Gasteiger partial charge on any atom is -0.270 e. The molecule has 0 radical (unpaired) electrons. The van der Waals surface area contributed by atoms with Crippen molar-refractivity contribution < 1.29 is 52.4 Å². The molecule has 0 heterocycles. The molecule has 6 rings (SSSR count). The first-order valence-electron chi connectivity index (χ1n) is 18.3. The van der Waals surface area contributed by atoms with E-state index in [1.807, 2.05) is 0 Å². The fourth-order valence-corrected chi connectivity index (χ4v) is 8.03. The molecule has 0 amide bonds. The minimum absolute atomic E-state index is 0.0181. The van der Waals surface area contributed by atoms with Crippen molar-refractivity contribution in [2.75, 3.05) is 21.3 Å². The third kappa shape index (κ3) is 13.2. The second-order valence-corrected chi connectivity index (χ2v) is 18.5. The van der Waals surface area contributed by atoms with E-state index in [4.69, 9.17) is 13.6 Å². The molecule has 0 bridgehead atoms. The molecular weight excluding hydrogens is 925 g/mol. The van der Waals surface area contributed by atoms with Gasteiger partial charge in [0.05, 0.1) is 83.8 Å². The molecule has 20 nitrogen and oxygen atoms in total. The van der Waals surface area contributed by atoms with Gasteiger partial charge in [0.15, 0.2) is 0 Å². The second-order valence-electron chi connectivity index (χ2n) is 12.7. The molecule has 0 aliphatic rings. The Morgan fingerprint density at radius 1 is 0.415 bits per heavy atom. The third-order valence-corrected chi connectivity index (χ3v) is 13.1. The number of hydrogen-bond acceptors (Lipinski definition) is 21. The molecule has 0 aliphatic heterocycles.